The molecule has 0 unspecified atom stereocenters. The smallest absolute Gasteiger partial charge is 0.321 e. The minimum atomic E-state index is -1.11. The van der Waals surface area contributed by atoms with Crippen LogP contribution in [-0.2, 0) is 27.3 Å². The summed E-state index contributed by atoms with van der Waals surface area (Å²) < 4.78 is 16.0. The molecule has 0 aliphatic carbocycles. The molecule has 152 valence electrons. The number of urea groups is 1. The van der Waals surface area contributed by atoms with Crippen molar-refractivity contribution < 1.29 is 28.6 Å². The van der Waals surface area contributed by atoms with Crippen LogP contribution in [0.25, 0.3) is 0 Å². The minimum absolute atomic E-state index is 0.0333. The quantitative estimate of drug-likeness (QED) is 0.721. The minimum Gasteiger partial charge on any atom is -0.486 e. The summed E-state index contributed by atoms with van der Waals surface area (Å²) in [4.78, 5) is 36.0. The first-order valence-electron chi connectivity index (χ1n) is 9.22. The van der Waals surface area contributed by atoms with Crippen LogP contribution in [0.4, 0.5) is 4.79 Å². The fourth-order valence-electron chi connectivity index (χ4n) is 2.69. The number of amides is 3. The summed E-state index contributed by atoms with van der Waals surface area (Å²) in [5.41, 5.74) is 1.57. The molecule has 2 N–H and O–H groups in total. The predicted molar refractivity (Wildman–Crippen MR) is 104 cm³/mol. The number of carbonyl (C=O) groups excluding carboxylic acids is 3. The van der Waals surface area contributed by atoms with Crippen molar-refractivity contribution in [3.8, 4) is 11.5 Å². The molecule has 8 nitrogen and oxygen atoms in total. The number of carbonyl (C=O) groups is 3. The Morgan fingerprint density at radius 2 is 1.72 bits per heavy atom. The van der Waals surface area contributed by atoms with Crippen molar-refractivity contribution in [2.45, 2.75) is 26.0 Å². The molecule has 3 amide bonds. The van der Waals surface area contributed by atoms with Gasteiger partial charge < -0.3 is 19.5 Å². The monoisotopic (exact) mass is 398 g/mol. The van der Waals surface area contributed by atoms with Crippen molar-refractivity contribution in [2.75, 3.05) is 13.2 Å². The van der Waals surface area contributed by atoms with Crippen molar-refractivity contribution in [2.24, 2.45) is 0 Å². The molecule has 0 saturated carbocycles. The third kappa shape index (κ3) is 5.97. The van der Waals surface area contributed by atoms with Crippen LogP contribution in [0.5, 0.6) is 11.5 Å². The number of fused-ring (bicyclic) bond motifs is 1. The molecule has 0 saturated heterocycles. The van der Waals surface area contributed by atoms with Crippen LogP contribution in [-0.4, -0.2) is 37.2 Å². The molecule has 0 radical (unpaired) electrons. The molecule has 2 aromatic rings. The summed E-state index contributed by atoms with van der Waals surface area (Å²) >= 11 is 0. The average Bonchev–Trinajstić information content (AvgIpc) is 2.72. The maximum atomic E-state index is 12.1. The van der Waals surface area contributed by atoms with E-state index in [9.17, 15) is 14.4 Å². The van der Waals surface area contributed by atoms with Gasteiger partial charge in [0, 0.05) is 6.54 Å². The Hall–Kier alpha value is -3.55. The van der Waals surface area contributed by atoms with E-state index in [-0.39, 0.29) is 13.0 Å². The summed E-state index contributed by atoms with van der Waals surface area (Å²) in [6, 6.07) is 13.8. The van der Waals surface area contributed by atoms with Gasteiger partial charge in [0.25, 0.3) is 5.91 Å². The fraction of sp³-hybridized carbons (Fsp3) is 0.286. The molecule has 0 spiro atoms. The number of benzene rings is 2. The number of esters is 1. The van der Waals surface area contributed by atoms with E-state index in [1.165, 1.54) is 6.92 Å². The largest absolute Gasteiger partial charge is 0.486 e. The summed E-state index contributed by atoms with van der Waals surface area (Å²) in [5, 5.41) is 4.73. The van der Waals surface area contributed by atoms with Crippen LogP contribution in [0.15, 0.2) is 48.5 Å². The number of imide groups is 1. The molecule has 1 heterocycles. The molecule has 3 rings (SSSR count). The average molecular weight is 398 g/mol. The van der Waals surface area contributed by atoms with Crippen molar-refractivity contribution in [1.82, 2.24) is 10.6 Å². The van der Waals surface area contributed by atoms with Gasteiger partial charge in [-0.05, 0) is 30.2 Å². The Bertz CT molecular complexity index is 884. The summed E-state index contributed by atoms with van der Waals surface area (Å²) in [6.07, 6.45) is -1.14. The van der Waals surface area contributed by atoms with Crippen molar-refractivity contribution in [3.63, 3.8) is 0 Å². The molecule has 0 bridgehead atoms. The van der Waals surface area contributed by atoms with Crippen molar-refractivity contribution in [3.05, 3.63) is 59.7 Å². The lowest BCUT2D eigenvalue weighted by molar-refractivity contribution is -0.153. The molecule has 1 aliphatic rings. The molecule has 2 aromatic carbocycles. The van der Waals surface area contributed by atoms with E-state index in [1.54, 1.807) is 18.2 Å². The van der Waals surface area contributed by atoms with E-state index in [0.717, 1.165) is 5.56 Å². The van der Waals surface area contributed by atoms with Crippen LogP contribution in [0.1, 0.15) is 18.1 Å². The number of hydrogen-bond donors (Lipinski definition) is 2. The number of ether oxygens (including phenoxy) is 3. The Labute approximate surface area is 168 Å². The topological polar surface area (TPSA) is 103 Å². The molecule has 0 aromatic heterocycles. The van der Waals surface area contributed by atoms with E-state index < -0.39 is 24.0 Å². The third-order valence-electron chi connectivity index (χ3n) is 4.17. The standard InChI is InChI=1S/C21H22N2O6/c1-14(20(25)23-21(26)22-13-15-5-3-2-4-6-15)29-19(24)12-16-7-8-17-18(11-16)28-10-9-27-17/h2-8,11,14H,9-10,12-13H2,1H3,(H2,22,23,25,26)/t14-/m0/s1. The molecular weight excluding hydrogens is 376 g/mol. The van der Waals surface area contributed by atoms with Gasteiger partial charge in [-0.2, -0.15) is 0 Å². The Morgan fingerprint density at radius 1 is 1.00 bits per heavy atom. The zero-order valence-electron chi connectivity index (χ0n) is 16.0. The van der Waals surface area contributed by atoms with Crippen LogP contribution in [0.3, 0.4) is 0 Å². The van der Waals surface area contributed by atoms with Gasteiger partial charge in [-0.25, -0.2) is 4.79 Å². The maximum Gasteiger partial charge on any atom is 0.321 e. The number of nitrogens with one attached hydrogen (secondary N) is 2. The van der Waals surface area contributed by atoms with Gasteiger partial charge in [0.1, 0.15) is 13.2 Å². The van der Waals surface area contributed by atoms with E-state index in [0.29, 0.717) is 30.3 Å². The van der Waals surface area contributed by atoms with Gasteiger partial charge in [0.2, 0.25) is 0 Å². The van der Waals surface area contributed by atoms with E-state index in [4.69, 9.17) is 14.2 Å². The third-order valence-corrected chi connectivity index (χ3v) is 4.17. The Kier molecular flexibility index (Phi) is 6.67. The first-order chi connectivity index (χ1) is 14.0. The second kappa shape index (κ2) is 9.59. The zero-order valence-corrected chi connectivity index (χ0v) is 16.0. The first kappa shape index (κ1) is 20.2. The highest BCUT2D eigenvalue weighted by Gasteiger charge is 2.21. The lowest BCUT2D eigenvalue weighted by Gasteiger charge is -2.19. The second-order valence-electron chi connectivity index (χ2n) is 6.44. The molecule has 1 aliphatic heterocycles. The lowest BCUT2D eigenvalue weighted by atomic mass is 10.1. The maximum absolute atomic E-state index is 12.1. The van der Waals surface area contributed by atoms with Gasteiger partial charge in [0.05, 0.1) is 6.42 Å². The highest BCUT2D eigenvalue weighted by molar-refractivity contribution is 5.97. The van der Waals surface area contributed by atoms with Gasteiger partial charge >= 0.3 is 12.0 Å². The molecule has 29 heavy (non-hydrogen) atoms. The highest BCUT2D eigenvalue weighted by atomic mass is 16.6. The van der Waals surface area contributed by atoms with Gasteiger partial charge in [-0.15, -0.1) is 0 Å². The molecule has 1 atom stereocenters. The van der Waals surface area contributed by atoms with Crippen LogP contribution in [0, 0.1) is 0 Å². The van der Waals surface area contributed by atoms with E-state index in [1.807, 2.05) is 30.3 Å². The van der Waals surface area contributed by atoms with Crippen LogP contribution in [0.2, 0.25) is 0 Å². The Balaban J connectivity index is 1.43. The zero-order chi connectivity index (χ0) is 20.6. The predicted octanol–water partition coefficient (Wildman–Crippen LogP) is 1.96. The van der Waals surface area contributed by atoms with Gasteiger partial charge in [-0.3, -0.25) is 14.9 Å². The van der Waals surface area contributed by atoms with Crippen LogP contribution >= 0.6 is 0 Å². The number of rotatable bonds is 6. The van der Waals surface area contributed by atoms with Gasteiger partial charge in [-0.1, -0.05) is 36.4 Å². The SMILES string of the molecule is C[C@H](OC(=O)Cc1ccc2c(c1)OCCO2)C(=O)NC(=O)NCc1ccccc1. The Morgan fingerprint density at radius 3 is 2.48 bits per heavy atom. The van der Waals surface area contributed by atoms with Crippen molar-refractivity contribution >= 4 is 17.9 Å². The molecular formula is C21H22N2O6. The fourth-order valence-corrected chi connectivity index (χ4v) is 2.69. The molecule has 0 fully saturated rings. The van der Waals surface area contributed by atoms with Gasteiger partial charge in [0.15, 0.2) is 17.6 Å². The lowest BCUT2D eigenvalue weighted by Crippen LogP contribution is -2.44. The molecule has 8 heteroatoms. The van der Waals surface area contributed by atoms with Crippen LogP contribution < -0.4 is 20.1 Å². The summed E-state index contributed by atoms with van der Waals surface area (Å²) in [6.45, 7) is 2.62. The van der Waals surface area contributed by atoms with E-state index >= 15 is 0 Å². The summed E-state index contributed by atoms with van der Waals surface area (Å²) in [5.74, 6) is -0.0924. The van der Waals surface area contributed by atoms with Crippen molar-refractivity contribution in [1.29, 1.82) is 0 Å². The first-order valence-corrected chi connectivity index (χ1v) is 9.22. The second-order valence-corrected chi connectivity index (χ2v) is 6.44. The van der Waals surface area contributed by atoms with E-state index in [2.05, 4.69) is 10.6 Å². The normalized spacial score (nSPS) is 13.1. The number of hydrogen-bond acceptors (Lipinski definition) is 6. The summed E-state index contributed by atoms with van der Waals surface area (Å²) in [7, 11) is 0. The highest BCUT2D eigenvalue weighted by Crippen LogP contribution is 2.30.